The van der Waals surface area contributed by atoms with Gasteiger partial charge in [-0.1, -0.05) is 6.08 Å². The fraction of sp³-hybridized carbons (Fsp3) is 0.667. The highest BCUT2D eigenvalue weighted by molar-refractivity contribution is 4.87. The van der Waals surface area contributed by atoms with Gasteiger partial charge in [0.05, 0.1) is 0 Å². The summed E-state index contributed by atoms with van der Waals surface area (Å²) in [6.07, 6.45) is 2.85. The Hall–Kier alpha value is -0.340. The van der Waals surface area contributed by atoms with E-state index in [1.807, 2.05) is 6.08 Å². The van der Waals surface area contributed by atoms with E-state index in [1.54, 1.807) is 0 Å². The van der Waals surface area contributed by atoms with Crippen LogP contribution in [-0.4, -0.2) is 18.2 Å². The Morgan fingerprint density at radius 2 is 2.50 bits per heavy atom. The summed E-state index contributed by atoms with van der Waals surface area (Å²) in [5, 5.41) is 11.6. The van der Waals surface area contributed by atoms with Gasteiger partial charge in [0, 0.05) is 0 Å². The van der Waals surface area contributed by atoms with Crippen molar-refractivity contribution in [3.63, 3.8) is 0 Å². The van der Waals surface area contributed by atoms with Crippen LogP contribution in [0.15, 0.2) is 12.7 Å². The van der Waals surface area contributed by atoms with Crippen LogP contribution in [0.4, 0.5) is 0 Å². The van der Waals surface area contributed by atoms with Crippen molar-refractivity contribution in [2.75, 3.05) is 13.1 Å². The van der Waals surface area contributed by atoms with E-state index in [0.29, 0.717) is 19.0 Å². The standard InChI is InChI=1S/C6H10NO/c1-2-6-3-4-7(8)5-6/h2,6H,1,3-5H2/q-1. The molecule has 0 amide bonds. The summed E-state index contributed by atoms with van der Waals surface area (Å²) in [5.74, 6) is 0.451. The van der Waals surface area contributed by atoms with Crippen LogP contribution in [0.5, 0.6) is 0 Å². The molecule has 0 bridgehead atoms. The molecule has 46 valence electrons. The summed E-state index contributed by atoms with van der Waals surface area (Å²) in [6, 6.07) is 0. The smallest absolute Gasteiger partial charge is 0.00801 e. The maximum absolute atomic E-state index is 10.5. The lowest BCUT2D eigenvalue weighted by Crippen LogP contribution is -2.10. The summed E-state index contributed by atoms with van der Waals surface area (Å²) >= 11 is 0. The highest BCUT2D eigenvalue weighted by Crippen LogP contribution is 2.14. The molecule has 1 saturated heterocycles. The Labute approximate surface area is 49.4 Å². The molecule has 0 saturated carbocycles. The maximum Gasteiger partial charge on any atom is -0.00801 e. The van der Waals surface area contributed by atoms with Crippen LogP contribution in [0.2, 0.25) is 0 Å². The molecular weight excluding hydrogens is 102 g/mol. The molecule has 1 unspecified atom stereocenters. The van der Waals surface area contributed by atoms with Crippen molar-refractivity contribution in [1.82, 2.24) is 5.06 Å². The molecule has 2 heteroatoms. The van der Waals surface area contributed by atoms with Gasteiger partial charge in [-0.3, -0.25) is 0 Å². The second-order valence-corrected chi connectivity index (χ2v) is 2.17. The second kappa shape index (κ2) is 2.29. The first-order chi connectivity index (χ1) is 3.83. The lowest BCUT2D eigenvalue weighted by molar-refractivity contribution is 0.459. The third-order valence-electron chi connectivity index (χ3n) is 1.52. The summed E-state index contributed by atoms with van der Waals surface area (Å²) in [5.41, 5.74) is 0. The number of nitrogens with zero attached hydrogens (tertiary/aromatic N) is 1. The van der Waals surface area contributed by atoms with Crippen LogP contribution in [0.1, 0.15) is 6.42 Å². The molecule has 0 aliphatic carbocycles. The molecule has 1 fully saturated rings. The third-order valence-corrected chi connectivity index (χ3v) is 1.52. The monoisotopic (exact) mass is 112 g/mol. The van der Waals surface area contributed by atoms with Gasteiger partial charge in [0.25, 0.3) is 0 Å². The minimum Gasteiger partial charge on any atom is -0.785 e. The molecule has 2 nitrogen and oxygen atoms in total. The van der Waals surface area contributed by atoms with Crippen molar-refractivity contribution < 1.29 is 0 Å². The highest BCUT2D eigenvalue weighted by Gasteiger charge is 2.11. The van der Waals surface area contributed by atoms with Crippen LogP contribution >= 0.6 is 0 Å². The number of hydrogen-bond acceptors (Lipinski definition) is 2. The zero-order valence-electron chi connectivity index (χ0n) is 4.84. The molecule has 1 heterocycles. The molecule has 0 radical (unpaired) electrons. The van der Waals surface area contributed by atoms with Crippen molar-refractivity contribution in [2.24, 2.45) is 5.92 Å². The van der Waals surface area contributed by atoms with Gasteiger partial charge >= 0.3 is 0 Å². The predicted octanol–water partition coefficient (Wildman–Crippen LogP) is 0.992. The molecule has 1 aliphatic rings. The van der Waals surface area contributed by atoms with E-state index in [4.69, 9.17) is 0 Å². The van der Waals surface area contributed by atoms with Crippen molar-refractivity contribution >= 4 is 0 Å². The zero-order valence-corrected chi connectivity index (χ0v) is 4.84. The summed E-state index contributed by atoms with van der Waals surface area (Å²) < 4.78 is 0. The molecule has 0 N–H and O–H groups in total. The van der Waals surface area contributed by atoms with Crippen molar-refractivity contribution in [3.8, 4) is 0 Å². The Balaban J connectivity index is 2.32. The van der Waals surface area contributed by atoms with Crippen molar-refractivity contribution in [2.45, 2.75) is 6.42 Å². The fourth-order valence-corrected chi connectivity index (χ4v) is 0.946. The van der Waals surface area contributed by atoms with E-state index in [9.17, 15) is 5.21 Å². The van der Waals surface area contributed by atoms with E-state index < -0.39 is 0 Å². The van der Waals surface area contributed by atoms with Crippen LogP contribution in [-0.2, 0) is 0 Å². The van der Waals surface area contributed by atoms with Gasteiger partial charge in [0.1, 0.15) is 0 Å². The van der Waals surface area contributed by atoms with E-state index in [1.165, 1.54) is 0 Å². The lowest BCUT2D eigenvalue weighted by atomic mass is 10.1. The average molecular weight is 112 g/mol. The van der Waals surface area contributed by atoms with Gasteiger partial charge in [-0.15, -0.1) is 6.58 Å². The topological polar surface area (TPSA) is 26.3 Å². The molecule has 1 aliphatic heterocycles. The van der Waals surface area contributed by atoms with E-state index in [0.717, 1.165) is 11.5 Å². The molecule has 1 atom stereocenters. The van der Waals surface area contributed by atoms with Gasteiger partial charge in [0.2, 0.25) is 0 Å². The summed E-state index contributed by atoms with van der Waals surface area (Å²) in [6.45, 7) is 4.96. The molecular formula is C6H10NO-. The predicted molar refractivity (Wildman–Crippen MR) is 33.2 cm³/mol. The molecule has 0 aromatic heterocycles. The van der Waals surface area contributed by atoms with E-state index in [-0.39, 0.29) is 0 Å². The minimum atomic E-state index is 0.451. The zero-order chi connectivity index (χ0) is 5.98. The van der Waals surface area contributed by atoms with Crippen molar-refractivity contribution in [1.29, 1.82) is 0 Å². The summed E-state index contributed by atoms with van der Waals surface area (Å²) in [7, 11) is 0. The second-order valence-electron chi connectivity index (χ2n) is 2.17. The van der Waals surface area contributed by atoms with Gasteiger partial charge in [-0.2, -0.15) is 0 Å². The highest BCUT2D eigenvalue weighted by atomic mass is 16.5. The largest absolute Gasteiger partial charge is 0.785 e. The molecule has 0 aromatic carbocycles. The van der Waals surface area contributed by atoms with Crippen molar-refractivity contribution in [3.05, 3.63) is 17.9 Å². The Morgan fingerprint density at radius 1 is 1.75 bits per heavy atom. The van der Waals surface area contributed by atoms with Crippen LogP contribution in [0, 0.1) is 11.1 Å². The van der Waals surface area contributed by atoms with Gasteiger partial charge in [-0.05, 0) is 25.4 Å². The normalized spacial score (nSPS) is 30.9. The van der Waals surface area contributed by atoms with Gasteiger partial charge in [-0.25, -0.2) is 0 Å². The number of hydroxylamine groups is 2. The number of rotatable bonds is 1. The number of hydrogen-bond donors (Lipinski definition) is 0. The Kier molecular flexibility index (Phi) is 1.65. The maximum atomic E-state index is 10.5. The van der Waals surface area contributed by atoms with E-state index in [2.05, 4.69) is 6.58 Å². The first-order valence-electron chi connectivity index (χ1n) is 2.87. The Bertz CT molecular complexity index is 92.5. The summed E-state index contributed by atoms with van der Waals surface area (Å²) in [4.78, 5) is 0. The van der Waals surface area contributed by atoms with Gasteiger partial charge < -0.3 is 10.3 Å². The van der Waals surface area contributed by atoms with Gasteiger partial charge in [0.15, 0.2) is 0 Å². The molecule has 1 rings (SSSR count). The Morgan fingerprint density at radius 3 is 2.75 bits per heavy atom. The quantitative estimate of drug-likeness (QED) is 0.473. The van der Waals surface area contributed by atoms with E-state index >= 15 is 0 Å². The molecule has 8 heavy (non-hydrogen) atoms. The SMILES string of the molecule is C=CC1CCN([O-])C1. The lowest BCUT2D eigenvalue weighted by Gasteiger charge is -2.19. The molecule has 0 spiro atoms. The molecule has 0 aromatic rings. The fourth-order valence-electron chi connectivity index (χ4n) is 0.946. The minimum absolute atomic E-state index is 0.451. The third kappa shape index (κ3) is 1.08. The van der Waals surface area contributed by atoms with Crippen LogP contribution in [0.3, 0.4) is 0 Å². The first kappa shape index (κ1) is 5.79. The van der Waals surface area contributed by atoms with Crippen LogP contribution in [0.25, 0.3) is 0 Å². The average Bonchev–Trinajstić information content (AvgIpc) is 2.14. The first-order valence-corrected chi connectivity index (χ1v) is 2.87. The van der Waals surface area contributed by atoms with Crippen LogP contribution < -0.4 is 0 Å².